The van der Waals surface area contributed by atoms with Crippen LogP contribution in [0.5, 0.6) is 0 Å². The zero-order chi connectivity index (χ0) is 22.1. The Balaban J connectivity index is 1.32. The number of rotatable bonds is 4. The van der Waals surface area contributed by atoms with Crippen LogP contribution in [0.4, 0.5) is 0 Å². The molecule has 0 atom stereocenters. The van der Waals surface area contributed by atoms with E-state index < -0.39 is 0 Å². The van der Waals surface area contributed by atoms with Gasteiger partial charge in [0.1, 0.15) is 5.82 Å². The van der Waals surface area contributed by atoms with E-state index in [4.69, 9.17) is 4.98 Å². The fourth-order valence-corrected chi connectivity index (χ4v) is 5.20. The summed E-state index contributed by atoms with van der Waals surface area (Å²) in [6.07, 6.45) is 6.07. The van der Waals surface area contributed by atoms with Gasteiger partial charge in [-0.2, -0.15) is 0 Å². The Hall–Kier alpha value is -2.68. The highest BCUT2D eigenvalue weighted by Crippen LogP contribution is 2.27. The molecule has 0 spiro atoms. The van der Waals surface area contributed by atoms with Crippen molar-refractivity contribution in [2.45, 2.75) is 19.5 Å². The van der Waals surface area contributed by atoms with Crippen LogP contribution in [0.1, 0.15) is 16.8 Å². The molecule has 4 heterocycles. The molecule has 0 saturated carbocycles. The van der Waals surface area contributed by atoms with Crippen LogP contribution in [-0.2, 0) is 19.5 Å². The quantitative estimate of drug-likeness (QED) is 0.386. The normalized spacial score (nSPS) is 13.7. The van der Waals surface area contributed by atoms with Gasteiger partial charge in [-0.25, -0.2) is 4.98 Å². The molecular weight excluding hydrogens is 534 g/mol. The van der Waals surface area contributed by atoms with Gasteiger partial charge in [-0.15, -0.1) is 0 Å². The van der Waals surface area contributed by atoms with Crippen LogP contribution in [0.3, 0.4) is 0 Å². The maximum atomic E-state index is 12.7. The van der Waals surface area contributed by atoms with E-state index in [0.29, 0.717) is 12.4 Å². The molecule has 3 aromatic heterocycles. The van der Waals surface area contributed by atoms with Crippen LogP contribution in [0.25, 0.3) is 22.6 Å². The van der Waals surface area contributed by atoms with Gasteiger partial charge in [-0.3, -0.25) is 19.7 Å². The Morgan fingerprint density at radius 1 is 1.03 bits per heavy atom. The second-order valence-electron chi connectivity index (χ2n) is 7.75. The van der Waals surface area contributed by atoms with Crippen LogP contribution in [-0.4, -0.2) is 31.4 Å². The van der Waals surface area contributed by atoms with E-state index >= 15 is 0 Å². The van der Waals surface area contributed by atoms with Gasteiger partial charge in [0.05, 0.1) is 17.0 Å². The Morgan fingerprint density at radius 2 is 1.88 bits per heavy atom. The highest BCUT2D eigenvalue weighted by molar-refractivity contribution is 9.11. The molecule has 0 fully saturated rings. The van der Waals surface area contributed by atoms with Crippen molar-refractivity contribution >= 4 is 31.9 Å². The van der Waals surface area contributed by atoms with Crippen molar-refractivity contribution in [3.8, 4) is 22.6 Å². The van der Waals surface area contributed by atoms with Crippen LogP contribution >= 0.6 is 31.9 Å². The first kappa shape index (κ1) is 21.2. The molecule has 32 heavy (non-hydrogen) atoms. The molecule has 8 heteroatoms. The Kier molecular flexibility index (Phi) is 5.99. The topological polar surface area (TPSA) is 74.8 Å². The van der Waals surface area contributed by atoms with Crippen LogP contribution < -0.4 is 5.56 Å². The number of aromatic amines is 1. The van der Waals surface area contributed by atoms with Crippen molar-refractivity contribution in [1.29, 1.82) is 0 Å². The van der Waals surface area contributed by atoms with Gasteiger partial charge in [0.15, 0.2) is 0 Å². The van der Waals surface area contributed by atoms with E-state index in [1.807, 2.05) is 42.6 Å². The highest BCUT2D eigenvalue weighted by atomic mass is 79.9. The zero-order valence-electron chi connectivity index (χ0n) is 17.1. The Labute approximate surface area is 202 Å². The summed E-state index contributed by atoms with van der Waals surface area (Å²) in [5, 5.41) is 0. The van der Waals surface area contributed by atoms with Gasteiger partial charge in [-0.1, -0.05) is 37.9 Å². The predicted molar refractivity (Wildman–Crippen MR) is 131 cm³/mol. The number of hydrogen-bond donors (Lipinski definition) is 1. The molecule has 1 aliphatic rings. The molecule has 6 nitrogen and oxygen atoms in total. The number of fused-ring (bicyclic) bond motifs is 1. The SMILES string of the molecule is O=c1[nH]c(-c2cccnc2)nc2c1CN(Cc1ccc(-c3cc(Br)cc(Br)c3)nc1)CC2. The molecular formula is C24H19Br2N5O. The van der Waals surface area contributed by atoms with Crippen LogP contribution in [0, 0.1) is 0 Å². The predicted octanol–water partition coefficient (Wildman–Crippen LogP) is 4.98. The third kappa shape index (κ3) is 4.57. The van der Waals surface area contributed by atoms with E-state index in [1.165, 1.54) is 0 Å². The molecule has 1 aliphatic heterocycles. The molecule has 0 bridgehead atoms. The molecule has 0 amide bonds. The van der Waals surface area contributed by atoms with E-state index in [2.05, 4.69) is 57.8 Å². The van der Waals surface area contributed by atoms with E-state index in [-0.39, 0.29) is 5.56 Å². The average molecular weight is 553 g/mol. The minimum Gasteiger partial charge on any atom is -0.306 e. The maximum Gasteiger partial charge on any atom is 0.255 e. The maximum absolute atomic E-state index is 12.7. The summed E-state index contributed by atoms with van der Waals surface area (Å²) < 4.78 is 2.01. The minimum absolute atomic E-state index is 0.0766. The van der Waals surface area contributed by atoms with Crippen molar-refractivity contribution in [2.24, 2.45) is 0 Å². The van der Waals surface area contributed by atoms with Gasteiger partial charge in [-0.05, 0) is 42.0 Å². The minimum atomic E-state index is -0.0766. The monoisotopic (exact) mass is 551 g/mol. The molecule has 1 aromatic carbocycles. The number of pyridine rings is 2. The smallest absolute Gasteiger partial charge is 0.255 e. The zero-order valence-corrected chi connectivity index (χ0v) is 20.2. The molecule has 0 radical (unpaired) electrons. The molecule has 160 valence electrons. The number of aromatic nitrogens is 4. The third-order valence-electron chi connectivity index (χ3n) is 5.47. The van der Waals surface area contributed by atoms with Crippen LogP contribution in [0.2, 0.25) is 0 Å². The number of benzene rings is 1. The summed E-state index contributed by atoms with van der Waals surface area (Å²) in [5.41, 5.74) is 5.44. The van der Waals surface area contributed by atoms with Crippen molar-refractivity contribution in [2.75, 3.05) is 6.54 Å². The first-order valence-corrected chi connectivity index (χ1v) is 11.8. The molecule has 1 N–H and O–H groups in total. The lowest BCUT2D eigenvalue weighted by atomic mass is 10.1. The van der Waals surface area contributed by atoms with Gasteiger partial charge in [0.2, 0.25) is 0 Å². The van der Waals surface area contributed by atoms with Gasteiger partial charge >= 0.3 is 0 Å². The molecule has 0 saturated heterocycles. The number of halogens is 2. The second kappa shape index (κ2) is 9.05. The summed E-state index contributed by atoms with van der Waals surface area (Å²) in [5.74, 6) is 0.578. The van der Waals surface area contributed by atoms with E-state index in [1.54, 1.807) is 12.4 Å². The highest BCUT2D eigenvalue weighted by Gasteiger charge is 2.21. The first-order chi connectivity index (χ1) is 15.5. The van der Waals surface area contributed by atoms with E-state index in [9.17, 15) is 4.79 Å². The molecule has 0 unspecified atom stereocenters. The van der Waals surface area contributed by atoms with Gasteiger partial charge < -0.3 is 4.98 Å². The van der Waals surface area contributed by atoms with Gasteiger partial charge in [0, 0.05) is 64.7 Å². The summed E-state index contributed by atoms with van der Waals surface area (Å²) in [6, 6.07) is 14.0. The summed E-state index contributed by atoms with van der Waals surface area (Å²) in [4.78, 5) is 31.4. The van der Waals surface area contributed by atoms with E-state index in [0.717, 1.165) is 62.1 Å². The lowest BCUT2D eigenvalue weighted by Crippen LogP contribution is -2.35. The van der Waals surface area contributed by atoms with Crippen LogP contribution in [0.15, 0.2) is 74.8 Å². The first-order valence-electron chi connectivity index (χ1n) is 10.2. The fraction of sp³-hybridized carbons (Fsp3) is 0.167. The fourth-order valence-electron chi connectivity index (χ4n) is 3.90. The van der Waals surface area contributed by atoms with Gasteiger partial charge in [0.25, 0.3) is 5.56 Å². The average Bonchev–Trinajstić information content (AvgIpc) is 2.80. The third-order valence-corrected chi connectivity index (χ3v) is 6.39. The van der Waals surface area contributed by atoms with Crippen molar-refractivity contribution in [3.05, 3.63) is 97.2 Å². The number of hydrogen-bond acceptors (Lipinski definition) is 5. The Bertz CT molecular complexity index is 1300. The summed E-state index contributed by atoms with van der Waals surface area (Å²) in [7, 11) is 0. The second-order valence-corrected chi connectivity index (χ2v) is 9.58. The number of H-pyrrole nitrogens is 1. The summed E-state index contributed by atoms with van der Waals surface area (Å²) in [6.45, 7) is 2.15. The largest absolute Gasteiger partial charge is 0.306 e. The van der Waals surface area contributed by atoms with Crippen molar-refractivity contribution in [1.82, 2.24) is 24.8 Å². The Morgan fingerprint density at radius 3 is 2.59 bits per heavy atom. The molecule has 5 rings (SSSR count). The molecule has 4 aromatic rings. The summed E-state index contributed by atoms with van der Waals surface area (Å²) >= 11 is 7.05. The number of nitrogens with one attached hydrogen (secondary N) is 1. The standard InChI is InChI=1S/C24H19Br2N5O/c25-18-8-17(9-19(26)10-18)21-4-3-15(11-28-21)13-31-7-5-22-20(14-31)24(32)30-23(29-22)16-2-1-6-27-12-16/h1-4,6,8-12H,5,7,13-14H2,(H,29,30,32). The lowest BCUT2D eigenvalue weighted by molar-refractivity contribution is 0.241. The van der Waals surface area contributed by atoms with Crippen molar-refractivity contribution in [3.63, 3.8) is 0 Å². The molecule has 0 aliphatic carbocycles. The van der Waals surface area contributed by atoms with Crippen molar-refractivity contribution < 1.29 is 0 Å². The number of nitrogens with zero attached hydrogens (tertiary/aromatic N) is 4. The lowest BCUT2D eigenvalue weighted by Gasteiger charge is -2.27.